The smallest absolute Gasteiger partial charge is 0.109 e. The van der Waals surface area contributed by atoms with Crippen molar-refractivity contribution >= 4 is 11.3 Å². The van der Waals surface area contributed by atoms with E-state index in [0.29, 0.717) is 6.04 Å². The van der Waals surface area contributed by atoms with E-state index in [0.717, 1.165) is 19.5 Å². The zero-order chi connectivity index (χ0) is 13.0. The molecule has 18 heavy (non-hydrogen) atoms. The highest BCUT2D eigenvalue weighted by Crippen LogP contribution is 2.20. The first-order valence-electron chi connectivity index (χ1n) is 6.56. The van der Waals surface area contributed by atoms with Crippen LogP contribution in [0.4, 0.5) is 0 Å². The minimum absolute atomic E-state index is 0.315. The molecule has 0 aromatic carbocycles. The Bertz CT molecular complexity index is 487. The number of aromatic nitrogens is 2. The Morgan fingerprint density at radius 2 is 2.28 bits per heavy atom. The third kappa shape index (κ3) is 3.00. The molecule has 2 rings (SSSR count). The van der Waals surface area contributed by atoms with E-state index in [9.17, 15) is 0 Å². The zero-order valence-corrected chi connectivity index (χ0v) is 12.1. The van der Waals surface area contributed by atoms with Crippen molar-refractivity contribution in [2.45, 2.75) is 46.3 Å². The molecule has 3 nitrogen and oxygen atoms in total. The SMILES string of the molecule is CCc1cnc(C(C)NCc2cccn2CC)s1. The first-order chi connectivity index (χ1) is 8.74. The van der Waals surface area contributed by atoms with Crippen molar-refractivity contribution in [3.8, 4) is 0 Å². The van der Waals surface area contributed by atoms with Gasteiger partial charge >= 0.3 is 0 Å². The molecule has 2 heterocycles. The number of thiazole rings is 1. The van der Waals surface area contributed by atoms with Crippen molar-refractivity contribution < 1.29 is 0 Å². The molecule has 0 saturated carbocycles. The van der Waals surface area contributed by atoms with Gasteiger partial charge in [0.05, 0.1) is 6.04 Å². The van der Waals surface area contributed by atoms with Gasteiger partial charge in [0.15, 0.2) is 0 Å². The lowest BCUT2D eigenvalue weighted by molar-refractivity contribution is 0.547. The van der Waals surface area contributed by atoms with Gasteiger partial charge in [-0.05, 0) is 32.4 Å². The molecule has 0 aliphatic heterocycles. The summed E-state index contributed by atoms with van der Waals surface area (Å²) in [6.45, 7) is 8.43. The van der Waals surface area contributed by atoms with Gasteiger partial charge in [0.1, 0.15) is 5.01 Å². The number of nitrogens with one attached hydrogen (secondary N) is 1. The van der Waals surface area contributed by atoms with Gasteiger partial charge in [-0.3, -0.25) is 0 Å². The molecule has 0 aliphatic carbocycles. The molecule has 2 aromatic rings. The maximum absolute atomic E-state index is 4.48. The van der Waals surface area contributed by atoms with Crippen molar-refractivity contribution in [1.29, 1.82) is 0 Å². The first-order valence-corrected chi connectivity index (χ1v) is 7.38. The highest BCUT2D eigenvalue weighted by molar-refractivity contribution is 7.11. The Morgan fingerprint density at radius 3 is 2.94 bits per heavy atom. The fraction of sp³-hybridized carbons (Fsp3) is 0.500. The molecule has 0 saturated heterocycles. The van der Waals surface area contributed by atoms with Crippen LogP contribution in [0, 0.1) is 0 Å². The fourth-order valence-electron chi connectivity index (χ4n) is 1.95. The van der Waals surface area contributed by atoms with Gasteiger partial charge in [0.25, 0.3) is 0 Å². The van der Waals surface area contributed by atoms with Crippen LogP contribution in [-0.4, -0.2) is 9.55 Å². The van der Waals surface area contributed by atoms with Crippen molar-refractivity contribution in [1.82, 2.24) is 14.9 Å². The Morgan fingerprint density at radius 1 is 1.44 bits per heavy atom. The molecule has 0 amide bonds. The van der Waals surface area contributed by atoms with Crippen LogP contribution in [0.2, 0.25) is 0 Å². The molecule has 0 radical (unpaired) electrons. The second-order valence-electron chi connectivity index (χ2n) is 4.41. The van der Waals surface area contributed by atoms with E-state index in [1.807, 2.05) is 17.5 Å². The van der Waals surface area contributed by atoms with E-state index in [-0.39, 0.29) is 0 Å². The predicted octanol–water partition coefficient (Wildman–Crippen LogP) is 3.38. The maximum atomic E-state index is 4.48. The summed E-state index contributed by atoms with van der Waals surface area (Å²) in [5, 5.41) is 4.72. The molecular formula is C14H21N3S. The summed E-state index contributed by atoms with van der Waals surface area (Å²) in [7, 11) is 0. The van der Waals surface area contributed by atoms with E-state index in [1.165, 1.54) is 15.6 Å². The molecule has 1 N–H and O–H groups in total. The number of aryl methyl sites for hydroxylation is 2. The molecule has 4 heteroatoms. The van der Waals surface area contributed by atoms with Crippen molar-refractivity contribution in [2.75, 3.05) is 0 Å². The molecular weight excluding hydrogens is 242 g/mol. The summed E-state index contributed by atoms with van der Waals surface area (Å²) in [5.74, 6) is 0. The van der Waals surface area contributed by atoms with Crippen molar-refractivity contribution in [3.05, 3.63) is 40.1 Å². The average Bonchev–Trinajstić information content (AvgIpc) is 3.04. The molecule has 1 unspecified atom stereocenters. The Balaban J connectivity index is 1.93. The van der Waals surface area contributed by atoms with E-state index in [1.54, 1.807) is 0 Å². The molecule has 0 aliphatic rings. The number of nitrogens with zero attached hydrogens (tertiary/aromatic N) is 2. The second kappa shape index (κ2) is 6.16. The van der Waals surface area contributed by atoms with Gasteiger partial charge in [-0.25, -0.2) is 4.98 Å². The van der Waals surface area contributed by atoms with Crippen LogP contribution in [0.5, 0.6) is 0 Å². The van der Waals surface area contributed by atoms with Gasteiger partial charge in [-0.1, -0.05) is 6.92 Å². The van der Waals surface area contributed by atoms with Crippen LogP contribution in [-0.2, 0) is 19.5 Å². The van der Waals surface area contributed by atoms with Gasteiger partial charge in [-0.2, -0.15) is 0 Å². The van der Waals surface area contributed by atoms with Gasteiger partial charge in [0, 0.05) is 36.1 Å². The summed E-state index contributed by atoms with van der Waals surface area (Å²) in [6.07, 6.45) is 5.19. The van der Waals surface area contributed by atoms with E-state index in [2.05, 4.69) is 54.0 Å². The minimum atomic E-state index is 0.315. The van der Waals surface area contributed by atoms with Crippen LogP contribution in [0.3, 0.4) is 0 Å². The molecule has 0 bridgehead atoms. The second-order valence-corrected chi connectivity index (χ2v) is 5.55. The lowest BCUT2D eigenvalue weighted by Gasteiger charge is -2.12. The minimum Gasteiger partial charge on any atom is -0.351 e. The molecule has 0 spiro atoms. The van der Waals surface area contributed by atoms with Gasteiger partial charge in [-0.15, -0.1) is 11.3 Å². The summed E-state index contributed by atoms with van der Waals surface area (Å²) < 4.78 is 2.26. The van der Waals surface area contributed by atoms with Crippen molar-refractivity contribution in [2.24, 2.45) is 0 Å². The normalized spacial score (nSPS) is 12.8. The number of hydrogen-bond acceptors (Lipinski definition) is 3. The highest BCUT2D eigenvalue weighted by atomic mass is 32.1. The van der Waals surface area contributed by atoms with Crippen LogP contribution in [0.25, 0.3) is 0 Å². The lowest BCUT2D eigenvalue weighted by atomic mass is 10.3. The monoisotopic (exact) mass is 263 g/mol. The Hall–Kier alpha value is -1.13. The van der Waals surface area contributed by atoms with E-state index < -0.39 is 0 Å². The third-order valence-electron chi connectivity index (χ3n) is 3.14. The zero-order valence-electron chi connectivity index (χ0n) is 11.3. The standard InChI is InChI=1S/C14H21N3S/c1-4-13-10-16-14(18-13)11(3)15-9-12-7-6-8-17(12)5-2/h6-8,10-11,15H,4-5,9H2,1-3H3. The highest BCUT2D eigenvalue weighted by Gasteiger charge is 2.10. The predicted molar refractivity (Wildman–Crippen MR) is 76.9 cm³/mol. The summed E-state index contributed by atoms with van der Waals surface area (Å²) in [4.78, 5) is 5.84. The van der Waals surface area contributed by atoms with Crippen LogP contribution >= 0.6 is 11.3 Å². The quantitative estimate of drug-likeness (QED) is 0.866. The topological polar surface area (TPSA) is 29.9 Å². The van der Waals surface area contributed by atoms with Crippen molar-refractivity contribution in [3.63, 3.8) is 0 Å². The molecule has 98 valence electrons. The first kappa shape index (κ1) is 13.3. The summed E-state index contributed by atoms with van der Waals surface area (Å²) in [5.41, 5.74) is 1.33. The number of rotatable bonds is 6. The fourth-order valence-corrected chi connectivity index (χ4v) is 2.83. The van der Waals surface area contributed by atoms with Crippen LogP contribution in [0.15, 0.2) is 24.5 Å². The van der Waals surface area contributed by atoms with Gasteiger partial charge in [0.2, 0.25) is 0 Å². The van der Waals surface area contributed by atoms with E-state index in [4.69, 9.17) is 0 Å². The third-order valence-corrected chi connectivity index (χ3v) is 4.47. The largest absolute Gasteiger partial charge is 0.351 e. The average molecular weight is 263 g/mol. The Kier molecular flexibility index (Phi) is 4.55. The Labute approximate surface area is 113 Å². The molecule has 2 aromatic heterocycles. The number of hydrogen-bond donors (Lipinski definition) is 1. The van der Waals surface area contributed by atoms with Crippen LogP contribution < -0.4 is 5.32 Å². The van der Waals surface area contributed by atoms with Gasteiger partial charge < -0.3 is 9.88 Å². The molecule has 0 fully saturated rings. The maximum Gasteiger partial charge on any atom is 0.109 e. The lowest BCUT2D eigenvalue weighted by Crippen LogP contribution is -2.19. The van der Waals surface area contributed by atoms with E-state index >= 15 is 0 Å². The molecule has 1 atom stereocenters. The summed E-state index contributed by atoms with van der Waals surface area (Å²) >= 11 is 1.81. The summed E-state index contributed by atoms with van der Waals surface area (Å²) in [6, 6.07) is 4.59. The van der Waals surface area contributed by atoms with Crippen LogP contribution in [0.1, 0.15) is 42.4 Å².